The molecular formula is C10H12O4. The third kappa shape index (κ3) is 1.03. The molecule has 0 heterocycles. The first-order valence-electron chi connectivity index (χ1n) is 4.73. The smallest absolute Gasteiger partial charge is 0.312 e. The summed E-state index contributed by atoms with van der Waals surface area (Å²) in [6.07, 6.45) is 1.53. The van der Waals surface area contributed by atoms with Crippen LogP contribution in [0.25, 0.3) is 0 Å². The molecule has 2 unspecified atom stereocenters. The summed E-state index contributed by atoms with van der Waals surface area (Å²) in [7, 11) is 1.30. The zero-order chi connectivity index (χ0) is 10.3. The van der Waals surface area contributed by atoms with Gasteiger partial charge >= 0.3 is 5.97 Å². The fraction of sp³-hybridized carbons (Fsp3) is 0.700. The van der Waals surface area contributed by atoms with Crippen molar-refractivity contribution >= 4 is 17.5 Å². The number of Topliss-reactive ketones (excluding diaryl/α,β-unsaturated/α-hetero) is 2. The molecule has 2 aliphatic carbocycles. The Hall–Kier alpha value is -1.19. The average molecular weight is 196 g/mol. The molecule has 14 heavy (non-hydrogen) atoms. The first kappa shape index (κ1) is 9.37. The van der Waals surface area contributed by atoms with E-state index in [0.717, 1.165) is 6.42 Å². The summed E-state index contributed by atoms with van der Waals surface area (Å²) in [5, 5.41) is 0. The summed E-state index contributed by atoms with van der Waals surface area (Å²) in [5.74, 6) is -0.864. The van der Waals surface area contributed by atoms with Gasteiger partial charge in [0.2, 0.25) is 0 Å². The van der Waals surface area contributed by atoms with Crippen LogP contribution in [0.5, 0.6) is 0 Å². The number of esters is 1. The number of carbonyl (C=O) groups excluding carboxylic acids is 3. The van der Waals surface area contributed by atoms with E-state index < -0.39 is 11.4 Å². The summed E-state index contributed by atoms with van der Waals surface area (Å²) < 4.78 is 4.67. The van der Waals surface area contributed by atoms with Gasteiger partial charge in [0.15, 0.2) is 0 Å². The van der Waals surface area contributed by atoms with Crippen LogP contribution in [-0.2, 0) is 19.1 Å². The van der Waals surface area contributed by atoms with Gasteiger partial charge in [0.25, 0.3) is 0 Å². The lowest BCUT2D eigenvalue weighted by Crippen LogP contribution is -2.55. The second-order valence-electron chi connectivity index (χ2n) is 4.10. The van der Waals surface area contributed by atoms with E-state index >= 15 is 0 Å². The van der Waals surface area contributed by atoms with Gasteiger partial charge in [0.05, 0.1) is 18.9 Å². The van der Waals surface area contributed by atoms with Crippen molar-refractivity contribution in [3.05, 3.63) is 0 Å². The minimum atomic E-state index is -0.791. The molecule has 0 bridgehead atoms. The average Bonchev–Trinajstić information content (AvgIpc) is 2.08. The summed E-state index contributed by atoms with van der Waals surface area (Å²) in [5.41, 5.74) is -0.791. The number of hydrogen-bond acceptors (Lipinski definition) is 4. The maximum Gasteiger partial charge on any atom is 0.312 e. The Morgan fingerprint density at radius 1 is 1.50 bits per heavy atom. The molecule has 2 atom stereocenters. The topological polar surface area (TPSA) is 60.4 Å². The maximum absolute atomic E-state index is 11.5. The highest BCUT2D eigenvalue weighted by Crippen LogP contribution is 2.53. The molecular weight excluding hydrogens is 184 g/mol. The lowest BCUT2D eigenvalue weighted by atomic mass is 9.53. The standard InChI is InChI=1S/C10H12O4/c1-14-9(13)10-3-2-7(10)8(12)4-6(11)5-10/h7H,2-5H2,1H3. The Balaban J connectivity index is 2.29. The maximum atomic E-state index is 11.5. The number of hydrogen-bond donors (Lipinski definition) is 0. The molecule has 2 fully saturated rings. The van der Waals surface area contributed by atoms with Gasteiger partial charge in [-0.1, -0.05) is 0 Å². The molecule has 0 N–H and O–H groups in total. The van der Waals surface area contributed by atoms with Crippen LogP contribution >= 0.6 is 0 Å². The van der Waals surface area contributed by atoms with Crippen LogP contribution in [0.3, 0.4) is 0 Å². The molecule has 0 aromatic heterocycles. The first-order valence-corrected chi connectivity index (χ1v) is 4.73. The van der Waals surface area contributed by atoms with Gasteiger partial charge in [-0.3, -0.25) is 14.4 Å². The summed E-state index contributed by atoms with van der Waals surface area (Å²) in [6, 6.07) is 0. The number of ketones is 2. The Bertz CT molecular complexity index is 320. The number of ether oxygens (including phenoxy) is 1. The predicted octanol–water partition coefficient (Wildman–Crippen LogP) is 0.488. The highest BCUT2D eigenvalue weighted by molar-refractivity contribution is 6.08. The fourth-order valence-electron chi connectivity index (χ4n) is 2.57. The highest BCUT2D eigenvalue weighted by Gasteiger charge is 2.59. The summed E-state index contributed by atoms with van der Waals surface area (Å²) in [4.78, 5) is 34.2. The van der Waals surface area contributed by atoms with E-state index in [2.05, 4.69) is 4.74 Å². The van der Waals surface area contributed by atoms with Crippen molar-refractivity contribution in [3.63, 3.8) is 0 Å². The molecule has 2 aliphatic rings. The van der Waals surface area contributed by atoms with Crippen molar-refractivity contribution in [3.8, 4) is 0 Å². The third-order valence-corrected chi connectivity index (χ3v) is 3.41. The lowest BCUT2D eigenvalue weighted by molar-refractivity contribution is -0.175. The Labute approximate surface area is 81.6 Å². The van der Waals surface area contributed by atoms with Crippen molar-refractivity contribution in [1.82, 2.24) is 0 Å². The van der Waals surface area contributed by atoms with Crippen molar-refractivity contribution in [2.75, 3.05) is 7.11 Å². The summed E-state index contributed by atoms with van der Waals surface area (Å²) >= 11 is 0. The third-order valence-electron chi connectivity index (χ3n) is 3.41. The minimum Gasteiger partial charge on any atom is -0.469 e. The van der Waals surface area contributed by atoms with Crippen molar-refractivity contribution in [2.45, 2.75) is 25.7 Å². The Morgan fingerprint density at radius 3 is 2.71 bits per heavy atom. The van der Waals surface area contributed by atoms with E-state index in [1.165, 1.54) is 7.11 Å². The van der Waals surface area contributed by atoms with Gasteiger partial charge in [0.1, 0.15) is 11.6 Å². The zero-order valence-corrected chi connectivity index (χ0v) is 8.04. The molecule has 4 nitrogen and oxygen atoms in total. The monoisotopic (exact) mass is 196 g/mol. The fourth-order valence-corrected chi connectivity index (χ4v) is 2.57. The minimum absolute atomic E-state index is 0.00338. The van der Waals surface area contributed by atoms with E-state index in [0.29, 0.717) is 6.42 Å². The molecule has 4 heteroatoms. The molecule has 2 rings (SSSR count). The van der Waals surface area contributed by atoms with Crippen molar-refractivity contribution in [1.29, 1.82) is 0 Å². The van der Waals surface area contributed by atoms with Crippen molar-refractivity contribution in [2.24, 2.45) is 11.3 Å². The van der Waals surface area contributed by atoms with Gasteiger partial charge in [-0.25, -0.2) is 0 Å². The van der Waals surface area contributed by atoms with Crippen molar-refractivity contribution < 1.29 is 19.1 Å². The Kier molecular flexibility index (Phi) is 1.94. The number of fused-ring (bicyclic) bond motifs is 1. The second kappa shape index (κ2) is 2.90. The van der Waals surface area contributed by atoms with Crippen LogP contribution in [0, 0.1) is 11.3 Å². The van der Waals surface area contributed by atoms with Crippen LogP contribution in [-0.4, -0.2) is 24.6 Å². The molecule has 0 aromatic carbocycles. The second-order valence-corrected chi connectivity index (χ2v) is 4.10. The number of carbonyl (C=O) groups is 3. The van der Waals surface area contributed by atoms with Crippen LogP contribution in [0.4, 0.5) is 0 Å². The molecule has 0 aromatic rings. The van der Waals surface area contributed by atoms with Crippen LogP contribution < -0.4 is 0 Å². The Morgan fingerprint density at radius 2 is 2.21 bits per heavy atom. The van der Waals surface area contributed by atoms with Crippen LogP contribution in [0.1, 0.15) is 25.7 Å². The van der Waals surface area contributed by atoms with E-state index in [4.69, 9.17) is 0 Å². The lowest BCUT2D eigenvalue weighted by Gasteiger charge is -2.48. The van der Waals surface area contributed by atoms with E-state index in [-0.39, 0.29) is 30.3 Å². The molecule has 76 valence electrons. The summed E-state index contributed by atoms with van der Waals surface area (Å²) in [6.45, 7) is 0. The zero-order valence-electron chi connectivity index (χ0n) is 8.04. The van der Waals surface area contributed by atoms with Gasteiger partial charge in [-0.2, -0.15) is 0 Å². The largest absolute Gasteiger partial charge is 0.469 e. The van der Waals surface area contributed by atoms with Gasteiger partial charge in [0, 0.05) is 12.3 Å². The van der Waals surface area contributed by atoms with E-state index in [9.17, 15) is 14.4 Å². The molecule has 0 radical (unpaired) electrons. The molecule has 0 aliphatic heterocycles. The quantitative estimate of drug-likeness (QED) is 0.452. The molecule has 0 saturated heterocycles. The van der Waals surface area contributed by atoms with E-state index in [1.54, 1.807) is 0 Å². The first-order chi connectivity index (χ1) is 6.60. The molecule has 0 amide bonds. The molecule has 2 saturated carbocycles. The highest BCUT2D eigenvalue weighted by atomic mass is 16.5. The van der Waals surface area contributed by atoms with Crippen LogP contribution in [0.15, 0.2) is 0 Å². The van der Waals surface area contributed by atoms with Gasteiger partial charge < -0.3 is 4.74 Å². The van der Waals surface area contributed by atoms with Gasteiger partial charge in [-0.15, -0.1) is 0 Å². The number of methoxy groups -OCH3 is 1. The predicted molar refractivity (Wildman–Crippen MR) is 46.4 cm³/mol. The number of rotatable bonds is 1. The molecule has 0 spiro atoms. The normalized spacial score (nSPS) is 35.9. The van der Waals surface area contributed by atoms with Gasteiger partial charge in [-0.05, 0) is 12.8 Å². The van der Waals surface area contributed by atoms with E-state index in [1.807, 2.05) is 0 Å². The van der Waals surface area contributed by atoms with Crippen LogP contribution in [0.2, 0.25) is 0 Å². The SMILES string of the molecule is COC(=O)C12CCC1C(=O)CC(=O)C2.